The third-order valence-corrected chi connectivity index (χ3v) is 4.80. The van der Waals surface area contributed by atoms with E-state index in [0.717, 1.165) is 45.4 Å². The van der Waals surface area contributed by atoms with E-state index in [4.69, 9.17) is 9.47 Å². The van der Waals surface area contributed by atoms with Crippen molar-refractivity contribution in [2.75, 3.05) is 46.6 Å². The Bertz CT molecular complexity index is 241. The second-order valence-electron chi connectivity index (χ2n) is 5.98. The zero-order valence-corrected chi connectivity index (χ0v) is 14.6. The number of nitrogens with zero attached hydrogens (tertiary/aromatic N) is 1. The van der Waals surface area contributed by atoms with E-state index in [1.54, 1.807) is 0 Å². The lowest BCUT2D eigenvalue weighted by Gasteiger charge is -2.42. The first-order valence-corrected chi connectivity index (χ1v) is 8.83. The van der Waals surface area contributed by atoms with Crippen LogP contribution in [0.1, 0.15) is 46.5 Å². The first-order chi connectivity index (χ1) is 10.3. The third kappa shape index (κ3) is 6.64. The molecule has 0 aromatic carbocycles. The minimum atomic E-state index is 0.607. The summed E-state index contributed by atoms with van der Waals surface area (Å²) in [5.41, 5.74) is 0. The van der Waals surface area contributed by atoms with Crippen LogP contribution >= 0.6 is 0 Å². The first kappa shape index (κ1) is 18.9. The van der Waals surface area contributed by atoms with Gasteiger partial charge in [-0.25, -0.2) is 0 Å². The average Bonchev–Trinajstić information content (AvgIpc) is 2.53. The van der Waals surface area contributed by atoms with Gasteiger partial charge in [-0.3, -0.25) is 4.90 Å². The quantitative estimate of drug-likeness (QED) is 0.595. The molecule has 3 unspecified atom stereocenters. The van der Waals surface area contributed by atoms with Gasteiger partial charge in [-0.1, -0.05) is 13.3 Å². The smallest absolute Gasteiger partial charge is 0.0593 e. The molecule has 0 radical (unpaired) electrons. The van der Waals surface area contributed by atoms with Crippen molar-refractivity contribution in [2.24, 2.45) is 5.92 Å². The normalized spacial score (nSPS) is 26.4. The van der Waals surface area contributed by atoms with E-state index in [9.17, 15) is 0 Å². The third-order valence-electron chi connectivity index (χ3n) is 4.80. The molecule has 126 valence electrons. The molecule has 1 saturated carbocycles. The van der Waals surface area contributed by atoms with Gasteiger partial charge in [0.15, 0.2) is 0 Å². The van der Waals surface area contributed by atoms with Gasteiger partial charge in [-0.05, 0) is 46.1 Å². The van der Waals surface area contributed by atoms with E-state index in [1.165, 1.54) is 25.7 Å². The summed E-state index contributed by atoms with van der Waals surface area (Å²) in [4.78, 5) is 2.59. The van der Waals surface area contributed by atoms with Gasteiger partial charge in [0.25, 0.3) is 0 Å². The van der Waals surface area contributed by atoms with E-state index in [-0.39, 0.29) is 0 Å². The summed E-state index contributed by atoms with van der Waals surface area (Å²) >= 11 is 0. The summed E-state index contributed by atoms with van der Waals surface area (Å²) in [7, 11) is 2.10. The Hall–Kier alpha value is -0.160. The second kappa shape index (κ2) is 11.4. The largest absolute Gasteiger partial charge is 0.380 e. The lowest BCUT2D eigenvalue weighted by atomic mass is 9.80. The van der Waals surface area contributed by atoms with Crippen LogP contribution in [-0.2, 0) is 9.47 Å². The molecule has 0 saturated heterocycles. The minimum absolute atomic E-state index is 0.607. The molecule has 21 heavy (non-hydrogen) atoms. The topological polar surface area (TPSA) is 33.7 Å². The van der Waals surface area contributed by atoms with Crippen LogP contribution in [0, 0.1) is 5.92 Å². The van der Waals surface area contributed by atoms with Crippen molar-refractivity contribution in [3.63, 3.8) is 0 Å². The van der Waals surface area contributed by atoms with E-state index in [2.05, 4.69) is 38.0 Å². The summed E-state index contributed by atoms with van der Waals surface area (Å²) in [6.45, 7) is 11.7. The molecule has 1 fully saturated rings. The number of rotatable bonds is 11. The summed E-state index contributed by atoms with van der Waals surface area (Å²) in [6, 6.07) is 1.23. The van der Waals surface area contributed by atoms with Crippen LogP contribution in [-0.4, -0.2) is 63.5 Å². The second-order valence-corrected chi connectivity index (χ2v) is 5.98. The fourth-order valence-electron chi connectivity index (χ4n) is 3.44. The Balaban J connectivity index is 2.60. The van der Waals surface area contributed by atoms with E-state index >= 15 is 0 Å². The van der Waals surface area contributed by atoms with Crippen molar-refractivity contribution in [3.8, 4) is 0 Å². The molecule has 0 heterocycles. The Morgan fingerprint density at radius 2 is 1.62 bits per heavy atom. The highest BCUT2D eigenvalue weighted by Gasteiger charge is 2.32. The molecule has 0 aromatic rings. The number of likely N-dealkylation sites (N-methyl/N-ethyl adjacent to an activating group) is 1. The van der Waals surface area contributed by atoms with Crippen molar-refractivity contribution in [3.05, 3.63) is 0 Å². The van der Waals surface area contributed by atoms with Crippen LogP contribution in [0.15, 0.2) is 0 Å². The average molecular weight is 300 g/mol. The molecule has 1 rings (SSSR count). The highest BCUT2D eigenvalue weighted by Crippen LogP contribution is 2.30. The van der Waals surface area contributed by atoms with Crippen LogP contribution in [0.5, 0.6) is 0 Å². The SMILES string of the molecule is CCOCCN(CCOCC)C1CC(CC)CCC1NC. The fraction of sp³-hybridized carbons (Fsp3) is 1.00. The molecule has 1 aliphatic rings. The van der Waals surface area contributed by atoms with Crippen LogP contribution in [0.2, 0.25) is 0 Å². The maximum atomic E-state index is 5.58. The molecule has 0 aromatic heterocycles. The Morgan fingerprint density at radius 3 is 2.10 bits per heavy atom. The number of hydrogen-bond acceptors (Lipinski definition) is 4. The molecular formula is C17H36N2O2. The summed E-state index contributed by atoms with van der Waals surface area (Å²) in [6.07, 6.45) is 5.26. The van der Waals surface area contributed by atoms with E-state index < -0.39 is 0 Å². The molecule has 3 atom stereocenters. The summed E-state index contributed by atoms with van der Waals surface area (Å²) in [5, 5.41) is 3.54. The van der Waals surface area contributed by atoms with Gasteiger partial charge in [-0.15, -0.1) is 0 Å². The standard InChI is InChI=1S/C17H36N2O2/c1-5-15-8-9-16(18-4)17(14-15)19(10-12-20-6-2)11-13-21-7-3/h15-18H,5-14H2,1-4H3. The lowest BCUT2D eigenvalue weighted by molar-refractivity contribution is 0.0337. The maximum Gasteiger partial charge on any atom is 0.0593 e. The van der Waals surface area contributed by atoms with Gasteiger partial charge >= 0.3 is 0 Å². The van der Waals surface area contributed by atoms with Crippen molar-refractivity contribution in [2.45, 2.75) is 58.5 Å². The van der Waals surface area contributed by atoms with Crippen molar-refractivity contribution in [1.29, 1.82) is 0 Å². The summed E-state index contributed by atoms with van der Waals surface area (Å²) < 4.78 is 11.2. The van der Waals surface area contributed by atoms with Gasteiger partial charge in [0.1, 0.15) is 0 Å². The number of hydrogen-bond donors (Lipinski definition) is 1. The molecule has 0 amide bonds. The van der Waals surface area contributed by atoms with Gasteiger partial charge in [0, 0.05) is 38.4 Å². The minimum Gasteiger partial charge on any atom is -0.380 e. The first-order valence-electron chi connectivity index (χ1n) is 8.83. The predicted molar refractivity (Wildman–Crippen MR) is 88.8 cm³/mol. The van der Waals surface area contributed by atoms with Crippen LogP contribution in [0.4, 0.5) is 0 Å². The molecule has 4 nitrogen and oxygen atoms in total. The van der Waals surface area contributed by atoms with E-state index in [0.29, 0.717) is 12.1 Å². The Labute approximate surface area is 131 Å². The Morgan fingerprint density at radius 1 is 1.00 bits per heavy atom. The molecule has 1 aliphatic carbocycles. The van der Waals surface area contributed by atoms with Gasteiger partial charge < -0.3 is 14.8 Å². The fourth-order valence-corrected chi connectivity index (χ4v) is 3.44. The van der Waals surface area contributed by atoms with Gasteiger partial charge in [0.2, 0.25) is 0 Å². The summed E-state index contributed by atoms with van der Waals surface area (Å²) in [5.74, 6) is 0.876. The van der Waals surface area contributed by atoms with Crippen molar-refractivity contribution >= 4 is 0 Å². The van der Waals surface area contributed by atoms with Gasteiger partial charge in [0.05, 0.1) is 13.2 Å². The number of ether oxygens (including phenoxy) is 2. The zero-order chi connectivity index (χ0) is 15.5. The van der Waals surface area contributed by atoms with Crippen LogP contribution in [0.3, 0.4) is 0 Å². The number of nitrogens with one attached hydrogen (secondary N) is 1. The molecular weight excluding hydrogens is 264 g/mol. The molecule has 0 spiro atoms. The van der Waals surface area contributed by atoms with Crippen molar-refractivity contribution in [1.82, 2.24) is 10.2 Å². The predicted octanol–water partition coefficient (Wildman–Crippen LogP) is 2.53. The molecule has 0 bridgehead atoms. The highest BCUT2D eigenvalue weighted by atomic mass is 16.5. The molecule has 4 heteroatoms. The lowest BCUT2D eigenvalue weighted by Crippen LogP contribution is -2.54. The van der Waals surface area contributed by atoms with Crippen LogP contribution in [0.25, 0.3) is 0 Å². The monoisotopic (exact) mass is 300 g/mol. The highest BCUT2D eigenvalue weighted by molar-refractivity contribution is 4.90. The van der Waals surface area contributed by atoms with Crippen LogP contribution < -0.4 is 5.32 Å². The Kier molecular flexibility index (Phi) is 10.3. The van der Waals surface area contributed by atoms with Crippen molar-refractivity contribution < 1.29 is 9.47 Å². The molecule has 0 aliphatic heterocycles. The zero-order valence-electron chi connectivity index (χ0n) is 14.6. The van der Waals surface area contributed by atoms with Gasteiger partial charge in [-0.2, -0.15) is 0 Å². The maximum absolute atomic E-state index is 5.58. The van der Waals surface area contributed by atoms with E-state index in [1.807, 2.05) is 0 Å². The molecule has 1 N–H and O–H groups in total.